The summed E-state index contributed by atoms with van der Waals surface area (Å²) >= 11 is 2.00. The van der Waals surface area contributed by atoms with Gasteiger partial charge >= 0.3 is 5.63 Å². The predicted molar refractivity (Wildman–Crippen MR) is 142 cm³/mol. The molecule has 0 radical (unpaired) electrons. The number of aliphatic imine (C=N–C) groups is 1. The zero-order valence-electron chi connectivity index (χ0n) is 18.8. The summed E-state index contributed by atoms with van der Waals surface area (Å²) in [5, 5.41) is 0.755. The highest BCUT2D eigenvalue weighted by molar-refractivity contribution is 14.1. The molecule has 0 amide bonds. The second-order valence-corrected chi connectivity index (χ2v) is 9.77. The molecule has 178 valence electrons. The fourth-order valence-electron chi connectivity index (χ4n) is 3.08. The molecule has 1 aromatic carbocycles. The predicted octanol–water partition coefficient (Wildman–Crippen LogP) is 4.06. The van der Waals surface area contributed by atoms with Gasteiger partial charge in [-0.2, -0.15) is 8.42 Å². The quantitative estimate of drug-likeness (QED) is 0.167. The lowest BCUT2D eigenvalue weighted by molar-refractivity contribution is 0.423. The average Bonchev–Trinajstić information content (AvgIpc) is 2.79. The van der Waals surface area contributed by atoms with E-state index in [4.69, 9.17) is 9.15 Å². The van der Waals surface area contributed by atoms with Gasteiger partial charge in [0.25, 0.3) is 10.2 Å². The lowest BCUT2D eigenvalue weighted by atomic mass is 10.00. The number of fused-ring (bicyclic) bond motifs is 1. The first-order valence-corrected chi connectivity index (χ1v) is 12.6. The standard InChI is InChI=1S/C23H23IN4O5S/c1-5-6-10-26-15(3)32-17-7-8-18-14(2)19(23(29)33-20(18)13-17)12-16-9-11-27-22(21(16)24)28-34(30,31)25-4/h5-11,13,25H,3,12H2,1-2,4H3,(H,27,28)/b6-5-,26-10?. The third kappa shape index (κ3) is 6.10. The van der Waals surface area contributed by atoms with Crippen molar-refractivity contribution < 1.29 is 17.6 Å². The van der Waals surface area contributed by atoms with Crippen LogP contribution in [0, 0.1) is 10.5 Å². The molecule has 0 aliphatic rings. The second-order valence-electron chi connectivity index (χ2n) is 7.07. The van der Waals surface area contributed by atoms with E-state index < -0.39 is 15.8 Å². The maximum Gasteiger partial charge on any atom is 0.340 e. The molecule has 34 heavy (non-hydrogen) atoms. The van der Waals surface area contributed by atoms with Crippen molar-refractivity contribution in [2.75, 3.05) is 11.8 Å². The normalized spacial score (nSPS) is 12.0. The summed E-state index contributed by atoms with van der Waals surface area (Å²) in [7, 11) is -2.43. The van der Waals surface area contributed by atoms with Gasteiger partial charge in [0.15, 0.2) is 5.82 Å². The SMILES string of the molecule is C=C(N=C/C=C\C)Oc1ccc2c(C)c(Cc3ccnc(NS(=O)(=O)NC)c3I)c(=O)oc2c1. The zero-order valence-corrected chi connectivity index (χ0v) is 21.7. The van der Waals surface area contributed by atoms with E-state index >= 15 is 0 Å². The highest BCUT2D eigenvalue weighted by Gasteiger charge is 2.17. The molecule has 0 aliphatic heterocycles. The fraction of sp³-hybridized carbons (Fsp3) is 0.174. The number of hydrogen-bond acceptors (Lipinski definition) is 7. The molecule has 2 aromatic heterocycles. The molecule has 3 rings (SSSR count). The zero-order chi connectivity index (χ0) is 24.9. The van der Waals surface area contributed by atoms with Crippen LogP contribution < -0.4 is 19.8 Å². The first kappa shape index (κ1) is 25.6. The summed E-state index contributed by atoms with van der Waals surface area (Å²) in [6.07, 6.45) is 6.87. The summed E-state index contributed by atoms with van der Waals surface area (Å²) in [6.45, 7) is 7.46. The minimum atomic E-state index is -3.73. The average molecular weight is 594 g/mol. The minimum absolute atomic E-state index is 0.175. The van der Waals surface area contributed by atoms with Crippen LogP contribution in [-0.4, -0.2) is 26.7 Å². The van der Waals surface area contributed by atoms with Gasteiger partial charge in [-0.3, -0.25) is 4.72 Å². The highest BCUT2D eigenvalue weighted by atomic mass is 127. The molecule has 0 saturated heterocycles. The second kappa shape index (κ2) is 10.9. The molecule has 0 aliphatic carbocycles. The molecule has 0 fully saturated rings. The first-order chi connectivity index (χ1) is 16.1. The molecule has 11 heteroatoms. The van der Waals surface area contributed by atoms with Crippen molar-refractivity contribution in [3.05, 3.63) is 85.8 Å². The van der Waals surface area contributed by atoms with Crippen molar-refractivity contribution >= 4 is 55.8 Å². The molecule has 0 bridgehead atoms. The molecule has 0 unspecified atom stereocenters. The fourth-order valence-corrected chi connectivity index (χ4v) is 4.42. The number of aryl methyl sites for hydroxylation is 1. The number of nitrogens with one attached hydrogen (secondary N) is 2. The van der Waals surface area contributed by atoms with E-state index in [0.717, 1.165) is 16.5 Å². The largest absolute Gasteiger partial charge is 0.440 e. The van der Waals surface area contributed by atoms with Crippen molar-refractivity contribution in [3.63, 3.8) is 0 Å². The molecule has 2 N–H and O–H groups in total. The highest BCUT2D eigenvalue weighted by Crippen LogP contribution is 2.28. The smallest absolute Gasteiger partial charge is 0.340 e. The molecule has 0 spiro atoms. The van der Waals surface area contributed by atoms with E-state index in [1.807, 2.05) is 42.5 Å². The summed E-state index contributed by atoms with van der Waals surface area (Å²) < 4.78 is 40.0. The Labute approximate surface area is 211 Å². The number of benzene rings is 1. The van der Waals surface area contributed by atoms with Crippen LogP contribution in [0.2, 0.25) is 0 Å². The Hall–Kier alpha value is -3.03. The summed E-state index contributed by atoms with van der Waals surface area (Å²) in [4.78, 5) is 21.0. The van der Waals surface area contributed by atoms with Gasteiger partial charge in [0.2, 0.25) is 5.88 Å². The summed E-state index contributed by atoms with van der Waals surface area (Å²) in [6, 6.07) is 6.90. The van der Waals surface area contributed by atoms with Crippen LogP contribution in [0.25, 0.3) is 11.0 Å². The lowest BCUT2D eigenvalue weighted by Gasteiger charge is -2.13. The number of pyridine rings is 1. The van der Waals surface area contributed by atoms with E-state index in [9.17, 15) is 13.2 Å². The van der Waals surface area contributed by atoms with Crippen LogP contribution in [0.5, 0.6) is 5.75 Å². The van der Waals surface area contributed by atoms with Gasteiger partial charge in [-0.25, -0.2) is 19.5 Å². The third-order valence-electron chi connectivity index (χ3n) is 4.83. The van der Waals surface area contributed by atoms with Gasteiger partial charge in [-0.05, 0) is 78.4 Å². The topological polar surface area (TPSA) is 123 Å². The number of hydrogen-bond donors (Lipinski definition) is 2. The van der Waals surface area contributed by atoms with Crippen LogP contribution in [-0.2, 0) is 16.6 Å². The van der Waals surface area contributed by atoms with Gasteiger partial charge in [0.05, 0.1) is 3.57 Å². The van der Waals surface area contributed by atoms with Gasteiger partial charge in [-0.15, -0.1) is 0 Å². The lowest BCUT2D eigenvalue weighted by Crippen LogP contribution is -2.27. The monoisotopic (exact) mass is 594 g/mol. The molecule has 3 aromatic rings. The van der Waals surface area contributed by atoms with Gasteiger partial charge in [-0.1, -0.05) is 6.08 Å². The first-order valence-electron chi connectivity index (χ1n) is 10.1. The summed E-state index contributed by atoms with van der Waals surface area (Å²) in [5.74, 6) is 0.815. The maximum absolute atomic E-state index is 12.8. The van der Waals surface area contributed by atoms with Crippen LogP contribution in [0.4, 0.5) is 5.82 Å². The third-order valence-corrected chi connectivity index (χ3v) is 7.03. The van der Waals surface area contributed by atoms with E-state index in [0.29, 0.717) is 20.5 Å². The Bertz CT molecular complexity index is 1460. The van der Waals surface area contributed by atoms with Gasteiger partial charge in [0, 0.05) is 42.9 Å². The maximum atomic E-state index is 12.8. The van der Waals surface area contributed by atoms with E-state index in [1.54, 1.807) is 36.6 Å². The number of ether oxygens (including phenoxy) is 1. The molecular formula is C23H23IN4O5S. The Morgan fingerprint density at radius 3 is 2.82 bits per heavy atom. The van der Waals surface area contributed by atoms with E-state index in [-0.39, 0.29) is 18.1 Å². The molecule has 0 atom stereocenters. The Kier molecular flexibility index (Phi) is 8.23. The van der Waals surface area contributed by atoms with Crippen molar-refractivity contribution in [1.82, 2.24) is 9.71 Å². The number of rotatable bonds is 9. The van der Waals surface area contributed by atoms with Crippen molar-refractivity contribution in [1.29, 1.82) is 0 Å². The summed E-state index contributed by atoms with van der Waals surface area (Å²) in [5.41, 5.74) is 1.84. The Balaban J connectivity index is 1.93. The van der Waals surface area contributed by atoms with Gasteiger partial charge < -0.3 is 9.15 Å². The molecule has 2 heterocycles. The van der Waals surface area contributed by atoms with Crippen LogP contribution >= 0.6 is 22.6 Å². The minimum Gasteiger partial charge on any atom is -0.440 e. The van der Waals surface area contributed by atoms with Crippen molar-refractivity contribution in [2.24, 2.45) is 4.99 Å². The number of halogens is 1. The molecule has 9 nitrogen and oxygen atoms in total. The van der Waals surface area contributed by atoms with E-state index in [2.05, 4.69) is 26.0 Å². The number of anilines is 1. The van der Waals surface area contributed by atoms with Crippen molar-refractivity contribution in [3.8, 4) is 5.75 Å². The Morgan fingerprint density at radius 2 is 2.12 bits per heavy atom. The van der Waals surface area contributed by atoms with Crippen molar-refractivity contribution in [2.45, 2.75) is 20.3 Å². The number of aromatic nitrogens is 1. The Morgan fingerprint density at radius 1 is 1.35 bits per heavy atom. The van der Waals surface area contributed by atoms with Crippen LogP contribution in [0.15, 0.2) is 69.3 Å². The van der Waals surface area contributed by atoms with E-state index in [1.165, 1.54) is 13.2 Å². The van der Waals surface area contributed by atoms with Gasteiger partial charge in [0.1, 0.15) is 11.3 Å². The molecular weight excluding hydrogens is 571 g/mol. The molecule has 0 saturated carbocycles. The van der Waals surface area contributed by atoms with Crippen LogP contribution in [0.3, 0.4) is 0 Å². The number of allylic oxidation sites excluding steroid dienone is 2. The van der Waals surface area contributed by atoms with Crippen LogP contribution in [0.1, 0.15) is 23.6 Å². The number of nitrogens with zero attached hydrogens (tertiary/aromatic N) is 2.